The van der Waals surface area contributed by atoms with Crippen LogP contribution in [-0.4, -0.2) is 49.2 Å². The number of carbonyl (C=O) groups excluding carboxylic acids is 1. The first-order chi connectivity index (χ1) is 11.3. The van der Waals surface area contributed by atoms with Gasteiger partial charge in [0, 0.05) is 32.9 Å². The molecule has 0 aromatic carbocycles. The SMILES string of the molecule is CCCS(=O)(=O)NCC1CCN(C(=O)c2cccn(C)c2=O)CC1. The van der Waals surface area contributed by atoms with Gasteiger partial charge >= 0.3 is 0 Å². The van der Waals surface area contributed by atoms with Gasteiger partial charge in [0.25, 0.3) is 11.5 Å². The Morgan fingerprint density at radius 3 is 2.62 bits per heavy atom. The third-order valence-corrected chi connectivity index (χ3v) is 5.87. The van der Waals surface area contributed by atoms with Gasteiger partial charge in [0.2, 0.25) is 10.0 Å². The van der Waals surface area contributed by atoms with Crippen LogP contribution in [0.15, 0.2) is 23.1 Å². The van der Waals surface area contributed by atoms with Crippen molar-refractivity contribution in [1.82, 2.24) is 14.2 Å². The molecule has 0 unspecified atom stereocenters. The molecule has 1 fully saturated rings. The molecular weight excluding hydrogens is 330 g/mol. The maximum Gasteiger partial charge on any atom is 0.263 e. The Balaban J connectivity index is 1.90. The van der Waals surface area contributed by atoms with Crippen molar-refractivity contribution >= 4 is 15.9 Å². The van der Waals surface area contributed by atoms with Gasteiger partial charge in [-0.2, -0.15) is 0 Å². The van der Waals surface area contributed by atoms with Crippen LogP contribution in [0.25, 0.3) is 0 Å². The van der Waals surface area contributed by atoms with E-state index in [1.165, 1.54) is 4.57 Å². The molecule has 134 valence electrons. The number of aromatic nitrogens is 1. The predicted molar refractivity (Wildman–Crippen MR) is 92.4 cm³/mol. The number of piperidine rings is 1. The number of nitrogens with one attached hydrogen (secondary N) is 1. The van der Waals surface area contributed by atoms with E-state index in [1.807, 2.05) is 6.92 Å². The molecule has 24 heavy (non-hydrogen) atoms. The van der Waals surface area contributed by atoms with Crippen molar-refractivity contribution in [2.75, 3.05) is 25.4 Å². The molecule has 1 aromatic heterocycles. The first-order valence-electron chi connectivity index (χ1n) is 8.26. The Bertz CT molecular complexity index is 734. The van der Waals surface area contributed by atoms with Crippen LogP contribution < -0.4 is 10.3 Å². The van der Waals surface area contributed by atoms with Gasteiger partial charge in [-0.3, -0.25) is 9.59 Å². The average molecular weight is 355 g/mol. The molecule has 0 saturated carbocycles. The Morgan fingerprint density at radius 2 is 2.00 bits per heavy atom. The third-order valence-electron chi connectivity index (χ3n) is 4.32. The second-order valence-corrected chi connectivity index (χ2v) is 8.17. The Labute approximate surface area is 142 Å². The molecule has 1 amide bonds. The molecule has 1 aromatic rings. The largest absolute Gasteiger partial charge is 0.338 e. The lowest BCUT2D eigenvalue weighted by Crippen LogP contribution is -2.43. The number of hydrogen-bond acceptors (Lipinski definition) is 4. The summed E-state index contributed by atoms with van der Waals surface area (Å²) in [5.41, 5.74) is -0.112. The fraction of sp³-hybridized carbons (Fsp3) is 0.625. The van der Waals surface area contributed by atoms with Crippen LogP contribution in [0, 0.1) is 5.92 Å². The van der Waals surface area contributed by atoms with Crippen molar-refractivity contribution in [2.24, 2.45) is 13.0 Å². The van der Waals surface area contributed by atoms with Gasteiger partial charge in [-0.15, -0.1) is 0 Å². The van der Waals surface area contributed by atoms with Gasteiger partial charge in [0.15, 0.2) is 0 Å². The van der Waals surface area contributed by atoms with Crippen molar-refractivity contribution in [2.45, 2.75) is 26.2 Å². The zero-order valence-electron chi connectivity index (χ0n) is 14.2. The molecule has 1 saturated heterocycles. The number of amides is 1. The molecule has 1 aliphatic heterocycles. The fourth-order valence-electron chi connectivity index (χ4n) is 2.86. The number of rotatable bonds is 6. The number of sulfonamides is 1. The highest BCUT2D eigenvalue weighted by Gasteiger charge is 2.26. The highest BCUT2D eigenvalue weighted by molar-refractivity contribution is 7.89. The van der Waals surface area contributed by atoms with Crippen molar-refractivity contribution in [3.05, 3.63) is 34.2 Å². The van der Waals surface area contributed by atoms with Crippen molar-refractivity contribution in [3.8, 4) is 0 Å². The van der Waals surface area contributed by atoms with E-state index in [0.717, 1.165) is 12.8 Å². The smallest absolute Gasteiger partial charge is 0.263 e. The van der Waals surface area contributed by atoms with Crippen molar-refractivity contribution in [1.29, 1.82) is 0 Å². The van der Waals surface area contributed by atoms with Gasteiger partial charge in [-0.1, -0.05) is 6.92 Å². The summed E-state index contributed by atoms with van der Waals surface area (Å²) in [6, 6.07) is 3.24. The minimum absolute atomic E-state index is 0.141. The maximum absolute atomic E-state index is 12.5. The van der Waals surface area contributed by atoms with E-state index in [4.69, 9.17) is 0 Å². The minimum atomic E-state index is -3.19. The van der Waals surface area contributed by atoms with Crippen molar-refractivity contribution in [3.63, 3.8) is 0 Å². The lowest BCUT2D eigenvalue weighted by atomic mass is 9.97. The summed E-state index contributed by atoms with van der Waals surface area (Å²) in [5, 5.41) is 0. The normalized spacial score (nSPS) is 16.3. The molecule has 0 spiro atoms. The van der Waals surface area contributed by atoms with Crippen LogP contribution in [0.5, 0.6) is 0 Å². The Kier molecular flexibility index (Phi) is 6.17. The molecule has 0 bridgehead atoms. The van der Waals surface area contributed by atoms with Crippen LogP contribution in [0.1, 0.15) is 36.5 Å². The van der Waals surface area contributed by atoms with E-state index >= 15 is 0 Å². The summed E-state index contributed by atoms with van der Waals surface area (Å²) in [5.74, 6) is 0.113. The summed E-state index contributed by atoms with van der Waals surface area (Å²) in [6.45, 7) is 3.32. The molecule has 0 radical (unpaired) electrons. The van der Waals surface area contributed by atoms with E-state index in [1.54, 1.807) is 30.3 Å². The summed E-state index contributed by atoms with van der Waals surface area (Å²) in [4.78, 5) is 26.2. The van der Waals surface area contributed by atoms with Gasteiger partial charge in [-0.25, -0.2) is 13.1 Å². The Morgan fingerprint density at radius 1 is 1.33 bits per heavy atom. The van der Waals surface area contributed by atoms with Crippen LogP contribution >= 0.6 is 0 Å². The molecular formula is C16H25N3O4S. The zero-order valence-corrected chi connectivity index (χ0v) is 15.0. The molecule has 2 heterocycles. The molecule has 1 N–H and O–H groups in total. The van der Waals surface area contributed by atoms with Gasteiger partial charge < -0.3 is 9.47 Å². The number of nitrogens with zero attached hydrogens (tertiary/aromatic N) is 2. The van der Waals surface area contributed by atoms with E-state index in [-0.39, 0.29) is 28.7 Å². The molecule has 1 aliphatic rings. The number of aryl methyl sites for hydroxylation is 1. The quantitative estimate of drug-likeness (QED) is 0.808. The average Bonchev–Trinajstić information content (AvgIpc) is 2.55. The van der Waals surface area contributed by atoms with Crippen LogP contribution in [-0.2, 0) is 17.1 Å². The molecule has 8 heteroatoms. The van der Waals surface area contributed by atoms with E-state index < -0.39 is 10.0 Å². The van der Waals surface area contributed by atoms with E-state index in [2.05, 4.69) is 4.72 Å². The fourth-order valence-corrected chi connectivity index (χ4v) is 4.03. The van der Waals surface area contributed by atoms with Crippen LogP contribution in [0.4, 0.5) is 0 Å². The first-order valence-corrected chi connectivity index (χ1v) is 9.91. The van der Waals surface area contributed by atoms with Gasteiger partial charge in [0.05, 0.1) is 5.75 Å². The second-order valence-electron chi connectivity index (χ2n) is 6.24. The Hall–Kier alpha value is -1.67. The van der Waals surface area contributed by atoms with Gasteiger partial charge in [-0.05, 0) is 37.3 Å². The van der Waals surface area contributed by atoms with E-state index in [9.17, 15) is 18.0 Å². The molecule has 7 nitrogen and oxygen atoms in total. The van der Waals surface area contributed by atoms with Crippen LogP contribution in [0.3, 0.4) is 0 Å². The molecule has 0 aliphatic carbocycles. The third kappa shape index (κ3) is 4.67. The zero-order chi connectivity index (χ0) is 17.7. The van der Waals surface area contributed by atoms with E-state index in [0.29, 0.717) is 26.1 Å². The molecule has 0 atom stereocenters. The van der Waals surface area contributed by atoms with Crippen LogP contribution in [0.2, 0.25) is 0 Å². The topological polar surface area (TPSA) is 88.5 Å². The number of hydrogen-bond donors (Lipinski definition) is 1. The minimum Gasteiger partial charge on any atom is -0.338 e. The highest BCUT2D eigenvalue weighted by Crippen LogP contribution is 2.18. The number of pyridine rings is 1. The number of carbonyl (C=O) groups is 1. The lowest BCUT2D eigenvalue weighted by Gasteiger charge is -2.32. The first kappa shape index (κ1) is 18.7. The second kappa shape index (κ2) is 7.94. The summed E-state index contributed by atoms with van der Waals surface area (Å²) in [6.07, 6.45) is 3.67. The van der Waals surface area contributed by atoms with Crippen molar-refractivity contribution < 1.29 is 13.2 Å². The lowest BCUT2D eigenvalue weighted by molar-refractivity contribution is 0.0689. The maximum atomic E-state index is 12.5. The monoisotopic (exact) mass is 355 g/mol. The summed E-state index contributed by atoms with van der Waals surface area (Å²) < 4.78 is 27.4. The standard InChI is InChI=1S/C16H25N3O4S/c1-3-11-24(22,23)17-12-13-6-9-19(10-7-13)16(21)14-5-4-8-18(2)15(14)20/h4-5,8,13,17H,3,6-7,9-12H2,1-2H3. The highest BCUT2D eigenvalue weighted by atomic mass is 32.2. The van der Waals surface area contributed by atoms with Gasteiger partial charge in [0.1, 0.15) is 5.56 Å². The number of likely N-dealkylation sites (tertiary alicyclic amines) is 1. The predicted octanol–water partition coefficient (Wildman–Crippen LogP) is 0.567. The molecule has 2 rings (SSSR count). The summed E-state index contributed by atoms with van der Waals surface area (Å²) >= 11 is 0. The summed E-state index contributed by atoms with van der Waals surface area (Å²) in [7, 11) is -1.57.